The molecule has 1 aliphatic rings. The van der Waals surface area contributed by atoms with Gasteiger partial charge < -0.3 is 15.2 Å². The Kier molecular flexibility index (Phi) is 6.34. The van der Waals surface area contributed by atoms with Crippen LogP contribution in [0.2, 0.25) is 0 Å². The number of rotatable bonds is 7. The summed E-state index contributed by atoms with van der Waals surface area (Å²) in [6.07, 6.45) is 6.84. The fraction of sp³-hybridized carbons (Fsp3) is 0.647. The quantitative estimate of drug-likeness (QED) is 0.776. The van der Waals surface area contributed by atoms with Crippen molar-refractivity contribution in [1.82, 2.24) is 0 Å². The molecule has 20 heavy (non-hydrogen) atoms. The molecule has 1 saturated carbocycles. The third kappa shape index (κ3) is 4.80. The van der Waals surface area contributed by atoms with Gasteiger partial charge in [-0.1, -0.05) is 38.3 Å². The van der Waals surface area contributed by atoms with Gasteiger partial charge in [0.25, 0.3) is 0 Å². The van der Waals surface area contributed by atoms with Crippen LogP contribution in [-0.2, 0) is 11.3 Å². The van der Waals surface area contributed by atoms with Gasteiger partial charge in [-0.15, -0.1) is 0 Å². The first-order chi connectivity index (χ1) is 9.81. The maximum Gasteiger partial charge on any atom is 0.119 e. The lowest BCUT2D eigenvalue weighted by molar-refractivity contribution is -0.000660. The maximum absolute atomic E-state index is 5.94. The van der Waals surface area contributed by atoms with Gasteiger partial charge in [0.1, 0.15) is 12.4 Å². The van der Waals surface area contributed by atoms with Crippen molar-refractivity contribution in [3.63, 3.8) is 0 Å². The van der Waals surface area contributed by atoms with Crippen molar-refractivity contribution < 1.29 is 9.47 Å². The number of hydrogen-bond acceptors (Lipinski definition) is 3. The SMILES string of the molecule is CCC1CCCC(OCCOc2ccc(CN)cc2)C1. The van der Waals surface area contributed by atoms with Crippen LogP contribution < -0.4 is 10.5 Å². The molecule has 3 nitrogen and oxygen atoms in total. The number of benzene rings is 1. The van der Waals surface area contributed by atoms with E-state index in [-0.39, 0.29) is 0 Å². The Balaban J connectivity index is 1.63. The van der Waals surface area contributed by atoms with Crippen molar-refractivity contribution in [3.05, 3.63) is 29.8 Å². The summed E-state index contributed by atoms with van der Waals surface area (Å²) in [6, 6.07) is 7.94. The molecule has 2 N–H and O–H groups in total. The summed E-state index contributed by atoms with van der Waals surface area (Å²) in [5, 5.41) is 0. The molecular formula is C17H27NO2. The zero-order chi connectivity index (χ0) is 14.2. The Hall–Kier alpha value is -1.06. The monoisotopic (exact) mass is 277 g/mol. The van der Waals surface area contributed by atoms with Crippen LogP contribution in [0, 0.1) is 5.92 Å². The Morgan fingerprint density at radius 1 is 1.15 bits per heavy atom. The Bertz CT molecular complexity index is 377. The minimum Gasteiger partial charge on any atom is -0.491 e. The number of hydrogen-bond donors (Lipinski definition) is 1. The lowest BCUT2D eigenvalue weighted by Gasteiger charge is -2.28. The van der Waals surface area contributed by atoms with E-state index in [0.29, 0.717) is 25.9 Å². The predicted molar refractivity (Wildman–Crippen MR) is 81.8 cm³/mol. The predicted octanol–water partition coefficient (Wildman–Crippen LogP) is 3.51. The summed E-state index contributed by atoms with van der Waals surface area (Å²) >= 11 is 0. The number of ether oxygens (including phenoxy) is 2. The molecule has 0 aromatic heterocycles. The van der Waals surface area contributed by atoms with Gasteiger partial charge in [-0.05, 0) is 36.5 Å². The fourth-order valence-electron chi connectivity index (χ4n) is 2.86. The van der Waals surface area contributed by atoms with E-state index in [1.165, 1.54) is 32.1 Å². The molecule has 0 saturated heterocycles. The van der Waals surface area contributed by atoms with Gasteiger partial charge in [-0.25, -0.2) is 0 Å². The molecule has 2 rings (SSSR count). The highest BCUT2D eigenvalue weighted by atomic mass is 16.5. The molecule has 0 heterocycles. The molecule has 2 unspecified atom stereocenters. The first-order valence-corrected chi connectivity index (χ1v) is 7.85. The van der Waals surface area contributed by atoms with Crippen molar-refractivity contribution >= 4 is 0 Å². The molecule has 1 aliphatic carbocycles. The summed E-state index contributed by atoms with van der Waals surface area (Å²) in [6.45, 7) is 4.15. The molecule has 1 aromatic rings. The number of nitrogens with two attached hydrogens (primary N) is 1. The third-order valence-corrected chi connectivity index (χ3v) is 4.18. The zero-order valence-electron chi connectivity index (χ0n) is 12.5. The molecule has 112 valence electrons. The zero-order valence-corrected chi connectivity index (χ0v) is 12.5. The summed E-state index contributed by atoms with van der Waals surface area (Å²) in [4.78, 5) is 0. The lowest BCUT2D eigenvalue weighted by atomic mass is 9.85. The highest BCUT2D eigenvalue weighted by Gasteiger charge is 2.20. The molecule has 0 spiro atoms. The standard InChI is InChI=1S/C17H27NO2/c1-2-14-4-3-5-17(12-14)20-11-10-19-16-8-6-15(13-18)7-9-16/h6-9,14,17H,2-5,10-13,18H2,1H3. The van der Waals surface area contributed by atoms with E-state index < -0.39 is 0 Å². The summed E-state index contributed by atoms with van der Waals surface area (Å²) < 4.78 is 11.6. The van der Waals surface area contributed by atoms with Gasteiger partial charge in [0.15, 0.2) is 0 Å². The molecule has 0 bridgehead atoms. The lowest BCUT2D eigenvalue weighted by Crippen LogP contribution is -2.24. The largest absolute Gasteiger partial charge is 0.491 e. The Morgan fingerprint density at radius 3 is 2.65 bits per heavy atom. The normalized spacial score (nSPS) is 22.7. The molecule has 1 fully saturated rings. The highest BCUT2D eigenvalue weighted by Crippen LogP contribution is 2.28. The highest BCUT2D eigenvalue weighted by molar-refractivity contribution is 5.26. The fourth-order valence-corrected chi connectivity index (χ4v) is 2.86. The minimum atomic E-state index is 0.442. The van der Waals surface area contributed by atoms with E-state index in [9.17, 15) is 0 Å². The van der Waals surface area contributed by atoms with E-state index in [2.05, 4.69) is 6.92 Å². The summed E-state index contributed by atoms with van der Waals surface area (Å²) in [5.74, 6) is 1.75. The summed E-state index contributed by atoms with van der Waals surface area (Å²) in [7, 11) is 0. The van der Waals surface area contributed by atoms with Crippen LogP contribution in [0.4, 0.5) is 0 Å². The average molecular weight is 277 g/mol. The molecule has 1 aromatic carbocycles. The molecular weight excluding hydrogens is 250 g/mol. The van der Waals surface area contributed by atoms with Crippen LogP contribution in [0.5, 0.6) is 5.75 Å². The smallest absolute Gasteiger partial charge is 0.119 e. The van der Waals surface area contributed by atoms with Gasteiger partial charge in [0.2, 0.25) is 0 Å². The van der Waals surface area contributed by atoms with Crippen molar-refractivity contribution in [2.45, 2.75) is 51.7 Å². The average Bonchev–Trinajstić information content (AvgIpc) is 2.52. The van der Waals surface area contributed by atoms with E-state index in [1.807, 2.05) is 24.3 Å². The van der Waals surface area contributed by atoms with E-state index in [4.69, 9.17) is 15.2 Å². The van der Waals surface area contributed by atoms with Crippen LogP contribution in [0.3, 0.4) is 0 Å². The first kappa shape index (κ1) is 15.3. The summed E-state index contributed by atoms with van der Waals surface area (Å²) in [5.41, 5.74) is 6.69. The molecule has 2 atom stereocenters. The van der Waals surface area contributed by atoms with Gasteiger partial charge >= 0.3 is 0 Å². The van der Waals surface area contributed by atoms with Gasteiger partial charge in [0.05, 0.1) is 12.7 Å². The van der Waals surface area contributed by atoms with Crippen molar-refractivity contribution in [1.29, 1.82) is 0 Å². The van der Waals surface area contributed by atoms with Crippen LogP contribution >= 0.6 is 0 Å². The van der Waals surface area contributed by atoms with Gasteiger partial charge in [-0.2, -0.15) is 0 Å². The topological polar surface area (TPSA) is 44.5 Å². The molecule has 0 amide bonds. The van der Waals surface area contributed by atoms with Crippen LogP contribution in [0.15, 0.2) is 24.3 Å². The molecule has 0 radical (unpaired) electrons. The van der Waals surface area contributed by atoms with E-state index in [0.717, 1.165) is 17.2 Å². The second-order valence-electron chi connectivity index (χ2n) is 5.63. The van der Waals surface area contributed by atoms with Gasteiger partial charge in [-0.3, -0.25) is 0 Å². The van der Waals surface area contributed by atoms with E-state index >= 15 is 0 Å². The van der Waals surface area contributed by atoms with E-state index in [1.54, 1.807) is 0 Å². The Morgan fingerprint density at radius 2 is 1.95 bits per heavy atom. The van der Waals surface area contributed by atoms with Crippen molar-refractivity contribution in [2.75, 3.05) is 13.2 Å². The molecule has 0 aliphatic heterocycles. The van der Waals surface area contributed by atoms with Crippen LogP contribution in [0.1, 0.15) is 44.6 Å². The second-order valence-corrected chi connectivity index (χ2v) is 5.63. The third-order valence-electron chi connectivity index (χ3n) is 4.18. The maximum atomic E-state index is 5.94. The van der Waals surface area contributed by atoms with Gasteiger partial charge in [0, 0.05) is 6.54 Å². The van der Waals surface area contributed by atoms with Crippen LogP contribution in [0.25, 0.3) is 0 Å². The van der Waals surface area contributed by atoms with Crippen molar-refractivity contribution in [2.24, 2.45) is 11.7 Å². The minimum absolute atomic E-state index is 0.442. The van der Waals surface area contributed by atoms with Crippen LogP contribution in [-0.4, -0.2) is 19.3 Å². The second kappa shape index (κ2) is 8.28. The van der Waals surface area contributed by atoms with Crippen molar-refractivity contribution in [3.8, 4) is 5.75 Å². The first-order valence-electron chi connectivity index (χ1n) is 7.85. The molecule has 3 heteroatoms. The Labute approximate surface area is 122 Å².